The van der Waals surface area contributed by atoms with Gasteiger partial charge < -0.3 is 19.0 Å². The van der Waals surface area contributed by atoms with Crippen molar-refractivity contribution in [3.8, 4) is 0 Å². The van der Waals surface area contributed by atoms with Crippen molar-refractivity contribution in [2.75, 3.05) is 26.2 Å². The Hall–Kier alpha value is -2.58. The van der Waals surface area contributed by atoms with E-state index in [9.17, 15) is 19.7 Å². The summed E-state index contributed by atoms with van der Waals surface area (Å²) in [5, 5.41) is 10.6. The molecule has 1 aromatic rings. The normalized spacial score (nSPS) is 15.4. The highest BCUT2D eigenvalue weighted by molar-refractivity contribution is 5.92. The molecule has 1 aliphatic rings. The number of furan rings is 1. The molecule has 2 amide bonds. The van der Waals surface area contributed by atoms with Crippen molar-refractivity contribution in [3.05, 3.63) is 28.0 Å². The average Bonchev–Trinajstić information content (AvgIpc) is 2.95. The number of ether oxygens (including phenoxy) is 1. The van der Waals surface area contributed by atoms with Gasteiger partial charge in [-0.1, -0.05) is 0 Å². The molecule has 1 saturated heterocycles. The number of carbonyl (C=O) groups excluding carboxylic acids is 2. The van der Waals surface area contributed by atoms with E-state index >= 15 is 0 Å². The molecule has 0 N–H and O–H groups in total. The fourth-order valence-electron chi connectivity index (χ4n) is 2.12. The quantitative estimate of drug-likeness (QED) is 0.607. The first-order valence-corrected chi connectivity index (χ1v) is 7.19. The summed E-state index contributed by atoms with van der Waals surface area (Å²) in [6, 6.07) is 2.42. The third-order valence-corrected chi connectivity index (χ3v) is 3.20. The summed E-state index contributed by atoms with van der Waals surface area (Å²) >= 11 is 0. The SMILES string of the molecule is CC(C)(C)OC(=O)N1CCN(C(=O)c2ccc([N+](=O)[O-])o2)CC1. The Labute approximate surface area is 132 Å². The minimum Gasteiger partial charge on any atom is -0.444 e. The van der Waals surface area contributed by atoms with E-state index in [1.807, 2.05) is 0 Å². The summed E-state index contributed by atoms with van der Waals surface area (Å²) in [6.45, 7) is 6.66. The van der Waals surface area contributed by atoms with Crippen molar-refractivity contribution in [3.63, 3.8) is 0 Å². The van der Waals surface area contributed by atoms with Gasteiger partial charge in [-0.15, -0.1) is 0 Å². The molecule has 1 aliphatic heterocycles. The van der Waals surface area contributed by atoms with Gasteiger partial charge in [0.05, 0.1) is 6.07 Å². The standard InChI is InChI=1S/C14H19N3O6/c1-14(2,3)23-13(19)16-8-6-15(7-9-16)12(18)10-4-5-11(22-10)17(20)21/h4-5H,6-9H2,1-3H3. The molecule has 9 nitrogen and oxygen atoms in total. The monoisotopic (exact) mass is 325 g/mol. The van der Waals surface area contributed by atoms with Crippen LogP contribution in [0, 0.1) is 10.1 Å². The lowest BCUT2D eigenvalue weighted by atomic mass is 10.2. The van der Waals surface area contributed by atoms with E-state index in [1.54, 1.807) is 20.8 Å². The number of piperazine rings is 1. The number of rotatable bonds is 2. The summed E-state index contributed by atoms with van der Waals surface area (Å²) in [6.07, 6.45) is -0.418. The first-order chi connectivity index (χ1) is 10.7. The van der Waals surface area contributed by atoms with Gasteiger partial charge in [-0.25, -0.2) is 4.79 Å². The fourth-order valence-corrected chi connectivity index (χ4v) is 2.12. The summed E-state index contributed by atoms with van der Waals surface area (Å²) < 4.78 is 10.2. The number of hydrogen-bond acceptors (Lipinski definition) is 6. The number of amides is 2. The van der Waals surface area contributed by atoms with E-state index in [1.165, 1.54) is 15.9 Å². The minimum absolute atomic E-state index is 0.0811. The topological polar surface area (TPSA) is 106 Å². The molecule has 0 atom stereocenters. The predicted octanol–water partition coefficient (Wildman–Crippen LogP) is 1.88. The molecule has 2 heterocycles. The van der Waals surface area contributed by atoms with Gasteiger partial charge in [-0.2, -0.15) is 0 Å². The van der Waals surface area contributed by atoms with Crippen LogP contribution >= 0.6 is 0 Å². The van der Waals surface area contributed by atoms with E-state index in [4.69, 9.17) is 9.15 Å². The summed E-state index contributed by atoms with van der Waals surface area (Å²) in [5.74, 6) is -0.981. The van der Waals surface area contributed by atoms with Gasteiger partial charge in [0.2, 0.25) is 0 Å². The number of carbonyl (C=O) groups is 2. The van der Waals surface area contributed by atoms with Crippen molar-refractivity contribution < 1.29 is 23.7 Å². The highest BCUT2D eigenvalue weighted by atomic mass is 16.6. The zero-order valence-electron chi connectivity index (χ0n) is 13.3. The van der Waals surface area contributed by atoms with Crippen LogP contribution in [0.25, 0.3) is 0 Å². The van der Waals surface area contributed by atoms with Crippen LogP contribution in [0.5, 0.6) is 0 Å². The van der Waals surface area contributed by atoms with Crippen molar-refractivity contribution in [1.29, 1.82) is 0 Å². The Balaban J connectivity index is 1.92. The molecule has 0 unspecified atom stereocenters. The van der Waals surface area contributed by atoms with Crippen LogP contribution in [-0.2, 0) is 4.74 Å². The van der Waals surface area contributed by atoms with Crippen LogP contribution in [0.4, 0.5) is 10.7 Å². The predicted molar refractivity (Wildman–Crippen MR) is 79.1 cm³/mol. The molecule has 0 spiro atoms. The summed E-state index contributed by atoms with van der Waals surface area (Å²) in [7, 11) is 0. The Morgan fingerprint density at radius 1 is 1.17 bits per heavy atom. The van der Waals surface area contributed by atoms with Crippen molar-refractivity contribution >= 4 is 17.9 Å². The molecule has 126 valence electrons. The first-order valence-electron chi connectivity index (χ1n) is 7.19. The van der Waals surface area contributed by atoms with Gasteiger partial charge in [0.1, 0.15) is 10.5 Å². The largest absolute Gasteiger partial charge is 0.444 e. The van der Waals surface area contributed by atoms with Crippen LogP contribution in [0.2, 0.25) is 0 Å². The lowest BCUT2D eigenvalue weighted by molar-refractivity contribution is -0.402. The zero-order valence-corrected chi connectivity index (χ0v) is 13.3. The van der Waals surface area contributed by atoms with Crippen molar-refractivity contribution in [1.82, 2.24) is 9.80 Å². The number of hydrogen-bond donors (Lipinski definition) is 0. The second kappa shape index (κ2) is 6.27. The smallest absolute Gasteiger partial charge is 0.433 e. The van der Waals surface area contributed by atoms with E-state index in [0.29, 0.717) is 26.2 Å². The molecule has 9 heteroatoms. The molecule has 0 bridgehead atoms. The third-order valence-electron chi connectivity index (χ3n) is 3.20. The maximum atomic E-state index is 12.2. The van der Waals surface area contributed by atoms with Crippen molar-refractivity contribution in [2.24, 2.45) is 0 Å². The Kier molecular flexibility index (Phi) is 4.57. The molecular formula is C14H19N3O6. The van der Waals surface area contributed by atoms with Gasteiger partial charge in [0.15, 0.2) is 5.76 Å². The van der Waals surface area contributed by atoms with Crippen LogP contribution in [0.1, 0.15) is 31.3 Å². The van der Waals surface area contributed by atoms with Gasteiger partial charge >= 0.3 is 12.0 Å². The highest BCUT2D eigenvalue weighted by Crippen LogP contribution is 2.18. The zero-order chi connectivity index (χ0) is 17.2. The van der Waals surface area contributed by atoms with Crippen LogP contribution in [-0.4, -0.2) is 58.5 Å². The number of nitro groups is 1. The first kappa shape index (κ1) is 16.8. The van der Waals surface area contributed by atoms with E-state index in [0.717, 1.165) is 6.07 Å². The molecule has 0 aliphatic carbocycles. The second-order valence-electron chi connectivity index (χ2n) is 6.15. The van der Waals surface area contributed by atoms with Gasteiger partial charge in [-0.3, -0.25) is 14.9 Å². The summed E-state index contributed by atoms with van der Waals surface area (Å²) in [5.41, 5.74) is -0.572. The molecule has 23 heavy (non-hydrogen) atoms. The maximum Gasteiger partial charge on any atom is 0.433 e. The molecular weight excluding hydrogens is 306 g/mol. The molecule has 1 fully saturated rings. The molecule has 2 rings (SSSR count). The lowest BCUT2D eigenvalue weighted by Crippen LogP contribution is -2.51. The van der Waals surface area contributed by atoms with Gasteiger partial charge in [0.25, 0.3) is 5.91 Å². The Morgan fingerprint density at radius 3 is 2.22 bits per heavy atom. The van der Waals surface area contributed by atoms with E-state index < -0.39 is 28.4 Å². The van der Waals surface area contributed by atoms with Crippen molar-refractivity contribution in [2.45, 2.75) is 26.4 Å². The van der Waals surface area contributed by atoms with Crippen LogP contribution in [0.15, 0.2) is 16.5 Å². The molecule has 0 aromatic carbocycles. The minimum atomic E-state index is -0.697. The maximum absolute atomic E-state index is 12.2. The van der Waals surface area contributed by atoms with Gasteiger partial charge in [-0.05, 0) is 26.8 Å². The van der Waals surface area contributed by atoms with Crippen LogP contribution < -0.4 is 0 Å². The van der Waals surface area contributed by atoms with E-state index in [2.05, 4.69) is 0 Å². The number of nitrogens with zero attached hydrogens (tertiary/aromatic N) is 3. The van der Waals surface area contributed by atoms with Crippen LogP contribution in [0.3, 0.4) is 0 Å². The third kappa shape index (κ3) is 4.21. The van der Waals surface area contributed by atoms with E-state index in [-0.39, 0.29) is 5.76 Å². The Morgan fingerprint density at radius 2 is 1.74 bits per heavy atom. The molecule has 0 saturated carbocycles. The molecule has 0 radical (unpaired) electrons. The molecule has 1 aromatic heterocycles. The Bertz CT molecular complexity index is 610. The lowest BCUT2D eigenvalue weighted by Gasteiger charge is -2.35. The van der Waals surface area contributed by atoms with Gasteiger partial charge in [0, 0.05) is 26.2 Å². The second-order valence-corrected chi connectivity index (χ2v) is 6.15. The summed E-state index contributed by atoms with van der Waals surface area (Å²) in [4.78, 5) is 37.1. The average molecular weight is 325 g/mol. The highest BCUT2D eigenvalue weighted by Gasteiger charge is 2.29. The fraction of sp³-hybridized carbons (Fsp3) is 0.571.